The largest absolute Gasteiger partial charge is 0.454 e. The Morgan fingerprint density at radius 2 is 1.94 bits per heavy atom. The second kappa shape index (κ2) is 7.56. The summed E-state index contributed by atoms with van der Waals surface area (Å²) in [5.41, 5.74) is 1.21. The zero-order valence-corrected chi connectivity index (χ0v) is 16.1. The van der Waals surface area contributed by atoms with Gasteiger partial charge < -0.3 is 14.8 Å². The maximum Gasteiger partial charge on any atom is 0.264 e. The normalized spacial score (nSPS) is 12.3. The van der Waals surface area contributed by atoms with Crippen molar-refractivity contribution >= 4 is 22.6 Å². The molecule has 2 aromatic carbocycles. The fraction of sp³-hybridized carbons (Fsp3) is 0.143. The van der Waals surface area contributed by atoms with E-state index in [1.807, 2.05) is 0 Å². The quantitative estimate of drug-likeness (QED) is 0.531. The number of aromatic nitrogens is 4. The van der Waals surface area contributed by atoms with Crippen LogP contribution in [0.2, 0.25) is 0 Å². The molecule has 0 atom stereocenters. The fourth-order valence-electron chi connectivity index (χ4n) is 3.30. The molecule has 5 rings (SSSR count). The number of nitrogens with zero attached hydrogens (tertiary/aromatic N) is 4. The summed E-state index contributed by atoms with van der Waals surface area (Å²) in [5.74, 6) is 0.578. The van der Waals surface area contributed by atoms with Gasteiger partial charge in [0.2, 0.25) is 12.7 Å². The molecule has 1 N–H and O–H groups in total. The van der Waals surface area contributed by atoms with E-state index in [-0.39, 0.29) is 37.0 Å². The van der Waals surface area contributed by atoms with E-state index in [4.69, 9.17) is 9.47 Å². The average Bonchev–Trinajstić information content (AvgIpc) is 3.41. The van der Waals surface area contributed by atoms with Gasteiger partial charge in [-0.2, -0.15) is 5.10 Å². The highest BCUT2D eigenvalue weighted by atomic mass is 19.1. The summed E-state index contributed by atoms with van der Waals surface area (Å²) >= 11 is 0. The van der Waals surface area contributed by atoms with E-state index in [1.54, 1.807) is 30.3 Å². The molecule has 3 heterocycles. The van der Waals surface area contributed by atoms with E-state index >= 15 is 0 Å². The topological polar surface area (TPSA) is 100 Å². The molecule has 9 nitrogen and oxygen atoms in total. The highest BCUT2D eigenvalue weighted by molar-refractivity contribution is 5.91. The molecule has 0 saturated carbocycles. The Morgan fingerprint density at radius 1 is 1.13 bits per heavy atom. The van der Waals surface area contributed by atoms with Gasteiger partial charge in [-0.1, -0.05) is 0 Å². The van der Waals surface area contributed by atoms with Gasteiger partial charge in [0.1, 0.15) is 11.2 Å². The van der Waals surface area contributed by atoms with Gasteiger partial charge >= 0.3 is 0 Å². The highest BCUT2D eigenvalue weighted by Crippen LogP contribution is 2.34. The zero-order chi connectivity index (χ0) is 21.4. The van der Waals surface area contributed by atoms with Crippen LogP contribution in [0.25, 0.3) is 16.7 Å². The van der Waals surface area contributed by atoms with Crippen molar-refractivity contribution in [1.29, 1.82) is 0 Å². The van der Waals surface area contributed by atoms with E-state index in [9.17, 15) is 14.0 Å². The maximum atomic E-state index is 13.2. The van der Waals surface area contributed by atoms with Gasteiger partial charge in [-0.3, -0.25) is 14.2 Å². The molecule has 1 amide bonds. The second-order valence-electron chi connectivity index (χ2n) is 6.88. The molecule has 0 radical (unpaired) electrons. The summed E-state index contributed by atoms with van der Waals surface area (Å²) in [6.07, 6.45) is 2.87. The molecular formula is C21H16FN5O4. The van der Waals surface area contributed by atoms with E-state index in [1.165, 1.54) is 33.9 Å². The van der Waals surface area contributed by atoms with E-state index in [0.717, 1.165) is 0 Å². The van der Waals surface area contributed by atoms with Gasteiger partial charge in [0.05, 0.1) is 18.2 Å². The van der Waals surface area contributed by atoms with Gasteiger partial charge in [-0.15, -0.1) is 0 Å². The molecule has 2 aromatic heterocycles. The number of benzene rings is 2. The van der Waals surface area contributed by atoms with Crippen molar-refractivity contribution in [3.63, 3.8) is 0 Å². The Labute approximate surface area is 174 Å². The van der Waals surface area contributed by atoms with Crippen LogP contribution < -0.4 is 20.3 Å². The number of rotatable bonds is 5. The first kappa shape index (κ1) is 18.8. The van der Waals surface area contributed by atoms with Crippen LogP contribution in [0.4, 0.5) is 10.1 Å². The summed E-state index contributed by atoms with van der Waals surface area (Å²) < 4.78 is 26.5. The summed E-state index contributed by atoms with van der Waals surface area (Å²) in [6.45, 7) is 0.308. The highest BCUT2D eigenvalue weighted by Gasteiger charge is 2.15. The fourth-order valence-corrected chi connectivity index (χ4v) is 3.30. The summed E-state index contributed by atoms with van der Waals surface area (Å²) in [6, 6.07) is 10.8. The zero-order valence-electron chi connectivity index (χ0n) is 16.1. The third-order valence-corrected chi connectivity index (χ3v) is 4.86. The number of halogens is 1. The van der Waals surface area contributed by atoms with Gasteiger partial charge in [-0.05, 0) is 36.4 Å². The van der Waals surface area contributed by atoms with Crippen LogP contribution in [0.1, 0.15) is 6.42 Å². The predicted octanol–water partition coefficient (Wildman–Crippen LogP) is 2.48. The average molecular weight is 421 g/mol. The van der Waals surface area contributed by atoms with Crippen molar-refractivity contribution in [2.75, 3.05) is 12.1 Å². The SMILES string of the molecule is O=C(CCn1cnc2c(cnn2-c2ccc(F)cc2)c1=O)Nc1ccc2c(c1)OCO2. The Balaban J connectivity index is 1.30. The Hall–Kier alpha value is -4.21. The third-order valence-electron chi connectivity index (χ3n) is 4.86. The van der Waals surface area contributed by atoms with Crippen molar-refractivity contribution < 1.29 is 18.7 Å². The molecule has 0 saturated heterocycles. The van der Waals surface area contributed by atoms with Gasteiger partial charge in [0, 0.05) is 24.7 Å². The van der Waals surface area contributed by atoms with Crippen molar-refractivity contribution in [2.45, 2.75) is 13.0 Å². The molecule has 0 fully saturated rings. The first-order valence-corrected chi connectivity index (χ1v) is 9.47. The predicted molar refractivity (Wildman–Crippen MR) is 109 cm³/mol. The van der Waals surface area contributed by atoms with Crippen molar-refractivity contribution in [1.82, 2.24) is 19.3 Å². The lowest BCUT2D eigenvalue weighted by Crippen LogP contribution is -2.23. The maximum absolute atomic E-state index is 13.2. The number of nitrogens with one attached hydrogen (secondary N) is 1. The van der Waals surface area contributed by atoms with Gasteiger partial charge in [0.25, 0.3) is 5.56 Å². The summed E-state index contributed by atoms with van der Waals surface area (Å²) in [7, 11) is 0. The molecular weight excluding hydrogens is 405 g/mol. The Bertz CT molecular complexity index is 1350. The molecule has 4 aromatic rings. The minimum Gasteiger partial charge on any atom is -0.454 e. The van der Waals surface area contributed by atoms with E-state index in [0.29, 0.717) is 33.9 Å². The Morgan fingerprint density at radius 3 is 2.77 bits per heavy atom. The number of anilines is 1. The molecule has 0 bridgehead atoms. The van der Waals surface area contributed by atoms with E-state index in [2.05, 4.69) is 15.4 Å². The molecule has 0 aliphatic carbocycles. The number of ether oxygens (including phenoxy) is 2. The number of carbonyl (C=O) groups is 1. The molecule has 10 heteroatoms. The lowest BCUT2D eigenvalue weighted by Gasteiger charge is -2.08. The number of carbonyl (C=O) groups excluding carboxylic acids is 1. The number of aryl methyl sites for hydroxylation is 1. The number of fused-ring (bicyclic) bond motifs is 2. The van der Waals surface area contributed by atoms with Crippen LogP contribution in [0, 0.1) is 5.82 Å². The first-order chi connectivity index (χ1) is 15.1. The minimum absolute atomic E-state index is 0.0770. The lowest BCUT2D eigenvalue weighted by atomic mass is 10.2. The second-order valence-corrected chi connectivity index (χ2v) is 6.88. The first-order valence-electron chi connectivity index (χ1n) is 9.47. The molecule has 1 aliphatic rings. The molecule has 0 unspecified atom stereocenters. The smallest absolute Gasteiger partial charge is 0.264 e. The van der Waals surface area contributed by atoms with Crippen LogP contribution in [0.5, 0.6) is 11.5 Å². The lowest BCUT2D eigenvalue weighted by molar-refractivity contribution is -0.116. The third kappa shape index (κ3) is 3.59. The number of hydrogen-bond acceptors (Lipinski definition) is 6. The molecule has 1 aliphatic heterocycles. The standard InChI is InChI=1S/C21H16FN5O4/c22-13-1-4-15(5-2-13)27-20-16(10-24-27)21(29)26(11-23-20)8-7-19(28)25-14-3-6-17-18(9-14)31-12-30-17/h1-6,9-11H,7-8,12H2,(H,25,28). The molecule has 31 heavy (non-hydrogen) atoms. The number of hydrogen-bond donors (Lipinski definition) is 1. The van der Waals surface area contributed by atoms with Crippen molar-refractivity contribution in [3.8, 4) is 17.2 Å². The van der Waals surface area contributed by atoms with Crippen LogP contribution in [-0.4, -0.2) is 32.0 Å². The monoisotopic (exact) mass is 421 g/mol. The van der Waals surface area contributed by atoms with Crippen LogP contribution in [-0.2, 0) is 11.3 Å². The Kier molecular flexibility index (Phi) is 4.58. The molecule has 0 spiro atoms. The van der Waals surface area contributed by atoms with Gasteiger partial charge in [0.15, 0.2) is 17.1 Å². The summed E-state index contributed by atoms with van der Waals surface area (Å²) in [5, 5.41) is 7.27. The van der Waals surface area contributed by atoms with Crippen molar-refractivity contribution in [3.05, 3.63) is 71.2 Å². The molecule has 156 valence electrons. The van der Waals surface area contributed by atoms with Crippen LogP contribution >= 0.6 is 0 Å². The van der Waals surface area contributed by atoms with Gasteiger partial charge in [-0.25, -0.2) is 14.1 Å². The van der Waals surface area contributed by atoms with Crippen LogP contribution in [0.15, 0.2) is 59.8 Å². The van der Waals surface area contributed by atoms with E-state index < -0.39 is 0 Å². The summed E-state index contributed by atoms with van der Waals surface area (Å²) in [4.78, 5) is 29.4. The van der Waals surface area contributed by atoms with Crippen LogP contribution in [0.3, 0.4) is 0 Å². The van der Waals surface area contributed by atoms with Crippen molar-refractivity contribution in [2.24, 2.45) is 0 Å². The number of amides is 1. The minimum atomic E-state index is -0.366.